The fourth-order valence-corrected chi connectivity index (χ4v) is 7.81. The Balaban J connectivity index is 0.000000187. The van der Waals surface area contributed by atoms with Crippen LogP contribution in [-0.4, -0.2) is 9.97 Å². The molecule has 0 N–H and O–H groups in total. The van der Waals surface area contributed by atoms with Crippen molar-refractivity contribution in [2.45, 2.75) is 79.1 Å². The molecule has 5 heteroatoms. The first-order valence-electron chi connectivity index (χ1n) is 19.8. The van der Waals surface area contributed by atoms with Crippen LogP contribution in [0.1, 0.15) is 101 Å². The first kappa shape index (κ1) is 40.7. The molecule has 4 nitrogen and oxygen atoms in total. The maximum atomic E-state index is 4.67. The molecule has 0 bridgehead atoms. The van der Waals surface area contributed by atoms with Crippen LogP contribution in [0.4, 0.5) is 11.4 Å². The smallest absolute Gasteiger partial charge is 0.479 e. The second kappa shape index (κ2) is 17.9. The Morgan fingerprint density at radius 1 is 0.411 bits per heavy atom. The molecular formula is C51H53AuN4. The van der Waals surface area contributed by atoms with E-state index in [1.165, 1.54) is 55.9 Å². The van der Waals surface area contributed by atoms with Crippen LogP contribution in [0.25, 0.3) is 44.1 Å². The van der Waals surface area contributed by atoms with Crippen LogP contribution >= 0.6 is 0 Å². The average molecular weight is 919 g/mol. The monoisotopic (exact) mass is 918 g/mol. The van der Waals surface area contributed by atoms with Gasteiger partial charge in [-0.25, -0.2) is 0 Å². The number of nitrogens with zero attached hydrogens (tertiary/aromatic N) is 4. The minimum Gasteiger partial charge on any atom is -0.479 e. The minimum absolute atomic E-state index is 0. The van der Waals surface area contributed by atoms with Gasteiger partial charge in [0.1, 0.15) is 0 Å². The number of fused-ring (bicyclic) bond motifs is 3. The van der Waals surface area contributed by atoms with Gasteiger partial charge in [-0.3, -0.25) is 9.97 Å². The van der Waals surface area contributed by atoms with E-state index in [-0.39, 0.29) is 22.4 Å². The van der Waals surface area contributed by atoms with Crippen molar-refractivity contribution in [3.05, 3.63) is 175 Å². The predicted octanol–water partition coefficient (Wildman–Crippen LogP) is 14.2. The zero-order valence-corrected chi connectivity index (χ0v) is 36.0. The zero-order valence-electron chi connectivity index (χ0n) is 33.8. The van der Waals surface area contributed by atoms with Gasteiger partial charge >= 0.3 is 22.4 Å². The Hall–Kier alpha value is -5.00. The van der Waals surface area contributed by atoms with Crippen molar-refractivity contribution in [2.24, 2.45) is 0 Å². The van der Waals surface area contributed by atoms with E-state index in [0.717, 1.165) is 21.8 Å². The summed E-state index contributed by atoms with van der Waals surface area (Å²) < 4.78 is 0. The molecule has 2 aromatic heterocycles. The molecule has 0 fully saturated rings. The second-order valence-corrected chi connectivity index (χ2v) is 15.7. The third kappa shape index (κ3) is 8.25. The van der Waals surface area contributed by atoms with Crippen LogP contribution in [0.5, 0.6) is 0 Å². The van der Waals surface area contributed by atoms with E-state index in [1.54, 1.807) is 0 Å². The minimum atomic E-state index is 0. The molecule has 0 saturated carbocycles. The summed E-state index contributed by atoms with van der Waals surface area (Å²) in [5.41, 5.74) is 14.9. The largest absolute Gasteiger partial charge is 1.00 e. The second-order valence-electron chi connectivity index (χ2n) is 15.7. The fraction of sp³-hybridized carbons (Fsp3) is 0.235. The summed E-state index contributed by atoms with van der Waals surface area (Å²) in [6.45, 7) is 20.5. The summed E-state index contributed by atoms with van der Waals surface area (Å²) in [5.74, 6) is 1.92. The number of anilines is 2. The number of rotatable bonds is 8. The Kier molecular flexibility index (Phi) is 13.0. The Labute approximate surface area is 349 Å². The van der Waals surface area contributed by atoms with Crippen molar-refractivity contribution in [3.63, 3.8) is 0 Å². The van der Waals surface area contributed by atoms with Crippen molar-refractivity contribution in [3.8, 4) is 22.3 Å². The fourth-order valence-electron chi connectivity index (χ4n) is 7.81. The molecule has 0 radical (unpaired) electrons. The molecule has 1 aliphatic heterocycles. The maximum absolute atomic E-state index is 4.67. The molecule has 56 heavy (non-hydrogen) atoms. The Morgan fingerprint density at radius 2 is 0.750 bits per heavy atom. The van der Waals surface area contributed by atoms with E-state index in [2.05, 4.69) is 203 Å². The summed E-state index contributed by atoms with van der Waals surface area (Å²) in [5, 5.41) is 2.26. The van der Waals surface area contributed by atoms with Gasteiger partial charge < -0.3 is 9.80 Å². The van der Waals surface area contributed by atoms with Gasteiger partial charge in [-0.2, -0.15) is 0 Å². The number of aromatic nitrogens is 2. The van der Waals surface area contributed by atoms with Gasteiger partial charge in [0.15, 0.2) is 0 Å². The van der Waals surface area contributed by atoms with Gasteiger partial charge in [0.2, 0.25) is 0 Å². The quantitative estimate of drug-likeness (QED) is 0.0864. The molecule has 0 amide bonds. The third-order valence-corrected chi connectivity index (χ3v) is 10.6. The molecule has 0 spiro atoms. The standard InChI is InChI=1S/C27H37N2.C24H16N2.Au/c1-18(2)22-11-9-12-23(19(3)4)26(22)28-15-16-29(17-28)27-24(20(5)6)13-10-14-25(27)21(7)8;1-3-7-17(8-4-1)19-13-15-25-23-21(19)11-12-22-20(14-16-26-24(22)23)18-9-5-2-6-10-18;/h9-21H,1-8H3;1-16H;/q-1;;+1. The van der Waals surface area contributed by atoms with Crippen molar-refractivity contribution in [1.29, 1.82) is 0 Å². The molecule has 3 heterocycles. The number of para-hydroxylation sites is 2. The molecule has 7 aromatic rings. The van der Waals surface area contributed by atoms with Gasteiger partial charge in [-0.05, 0) is 92.7 Å². The summed E-state index contributed by atoms with van der Waals surface area (Å²) >= 11 is 0. The van der Waals surface area contributed by atoms with Crippen LogP contribution in [0, 0.1) is 6.67 Å². The van der Waals surface area contributed by atoms with E-state index in [0.29, 0.717) is 23.7 Å². The SMILES string of the molecule is CC(C)c1cccc(C(C)C)c1N1C=CN(c2c(C(C)C)cccc2C(C)C)[CH-]1.[Au+].c1ccc(-c2ccnc3c2ccc2c(-c4ccccc4)ccnc23)cc1. The zero-order chi connectivity index (χ0) is 38.6. The molecule has 0 aliphatic carbocycles. The van der Waals surface area contributed by atoms with Crippen LogP contribution in [0.2, 0.25) is 0 Å². The van der Waals surface area contributed by atoms with Crippen LogP contribution in [0.15, 0.2) is 146 Å². The van der Waals surface area contributed by atoms with Crippen molar-refractivity contribution < 1.29 is 22.4 Å². The van der Waals surface area contributed by atoms with Gasteiger partial charge in [-0.1, -0.05) is 165 Å². The van der Waals surface area contributed by atoms with Gasteiger partial charge in [-0.15, -0.1) is 6.67 Å². The summed E-state index contributed by atoms with van der Waals surface area (Å²) in [4.78, 5) is 14.0. The number of benzene rings is 5. The van der Waals surface area contributed by atoms with E-state index < -0.39 is 0 Å². The van der Waals surface area contributed by atoms with Crippen LogP contribution in [-0.2, 0) is 22.4 Å². The summed E-state index contributed by atoms with van der Waals surface area (Å²) in [7, 11) is 0. The van der Waals surface area contributed by atoms with E-state index in [9.17, 15) is 0 Å². The summed E-state index contributed by atoms with van der Waals surface area (Å²) in [6, 6.07) is 42.9. The number of hydrogen-bond donors (Lipinski definition) is 0. The number of hydrogen-bond acceptors (Lipinski definition) is 4. The molecule has 1 aliphatic rings. The number of pyridine rings is 2. The molecule has 5 aromatic carbocycles. The summed E-state index contributed by atoms with van der Waals surface area (Å²) in [6.07, 6.45) is 8.19. The Bertz CT molecular complexity index is 2210. The van der Waals surface area contributed by atoms with E-state index in [4.69, 9.17) is 0 Å². The molecule has 8 rings (SSSR count). The first-order valence-corrected chi connectivity index (χ1v) is 19.8. The predicted molar refractivity (Wildman–Crippen MR) is 236 cm³/mol. The average Bonchev–Trinajstić information content (AvgIpc) is 3.70. The van der Waals surface area contributed by atoms with E-state index in [1.807, 2.05) is 24.5 Å². The molecule has 0 saturated heterocycles. The Morgan fingerprint density at radius 3 is 1.07 bits per heavy atom. The third-order valence-electron chi connectivity index (χ3n) is 10.6. The van der Waals surface area contributed by atoms with Crippen LogP contribution < -0.4 is 9.80 Å². The molecule has 0 unspecified atom stereocenters. The van der Waals surface area contributed by atoms with Crippen molar-refractivity contribution >= 4 is 33.2 Å². The van der Waals surface area contributed by atoms with Gasteiger partial charge in [0.25, 0.3) is 0 Å². The van der Waals surface area contributed by atoms with Crippen molar-refractivity contribution in [2.75, 3.05) is 9.80 Å². The van der Waals surface area contributed by atoms with Gasteiger partial charge in [0.05, 0.1) is 11.0 Å². The molecular weight excluding hydrogens is 866 g/mol. The van der Waals surface area contributed by atoms with Crippen molar-refractivity contribution in [1.82, 2.24) is 9.97 Å². The normalized spacial score (nSPS) is 12.6. The maximum Gasteiger partial charge on any atom is 1.00 e. The van der Waals surface area contributed by atoms with E-state index >= 15 is 0 Å². The topological polar surface area (TPSA) is 32.3 Å². The molecule has 288 valence electrons. The van der Waals surface area contributed by atoms with Gasteiger partial charge in [0, 0.05) is 34.5 Å². The molecule has 0 atom stereocenters. The van der Waals surface area contributed by atoms with Crippen LogP contribution in [0.3, 0.4) is 0 Å². The first-order chi connectivity index (χ1) is 26.6.